The highest BCUT2D eigenvalue weighted by molar-refractivity contribution is 7.10. The summed E-state index contributed by atoms with van der Waals surface area (Å²) in [6.07, 6.45) is 12.0. The normalized spacial score (nSPS) is 29.2. The summed E-state index contributed by atoms with van der Waals surface area (Å²) < 4.78 is 11.5. The average molecular weight is 385 g/mol. The first kappa shape index (κ1) is 19.1. The van der Waals surface area contributed by atoms with E-state index < -0.39 is 0 Å². The van der Waals surface area contributed by atoms with Crippen molar-refractivity contribution in [3.8, 4) is 5.75 Å². The van der Waals surface area contributed by atoms with Crippen LogP contribution in [0.4, 0.5) is 0 Å². The lowest BCUT2D eigenvalue weighted by atomic mass is 9.57. The summed E-state index contributed by atoms with van der Waals surface area (Å²) in [6, 6.07) is 8.36. The van der Waals surface area contributed by atoms with E-state index in [1.165, 1.54) is 63.4 Å². The predicted molar refractivity (Wildman–Crippen MR) is 115 cm³/mol. The summed E-state index contributed by atoms with van der Waals surface area (Å²) in [5.74, 6) is 4.00. The standard InChI is InChI=1S/C24H33O2P/c1-3-8-18-19-11-4-5-12-20(19)22-14-7-13-21(18)23(22)24(25-2)16-9-6-10-17(15-16)26-27/h6,9-10,15,18,21-22H,3-5,7-8,11-14,27H2,1-2H3. The molecule has 0 spiro atoms. The number of allylic oxidation sites excluding steroid dienone is 3. The summed E-state index contributed by atoms with van der Waals surface area (Å²) in [4.78, 5) is 0. The Morgan fingerprint density at radius 2 is 1.93 bits per heavy atom. The van der Waals surface area contributed by atoms with Crippen LogP contribution in [0.2, 0.25) is 0 Å². The van der Waals surface area contributed by atoms with Crippen molar-refractivity contribution in [1.29, 1.82) is 0 Å². The van der Waals surface area contributed by atoms with Crippen LogP contribution in [-0.4, -0.2) is 7.11 Å². The molecule has 146 valence electrons. The summed E-state index contributed by atoms with van der Waals surface area (Å²) in [5.41, 5.74) is 6.40. The zero-order chi connectivity index (χ0) is 18.8. The summed E-state index contributed by atoms with van der Waals surface area (Å²) in [5, 5.41) is 0. The Hall–Kier alpha value is -1.27. The molecule has 1 aromatic carbocycles. The second kappa shape index (κ2) is 8.39. The molecule has 3 aliphatic carbocycles. The Balaban J connectivity index is 1.87. The van der Waals surface area contributed by atoms with Crippen molar-refractivity contribution < 1.29 is 9.26 Å². The van der Waals surface area contributed by atoms with Crippen LogP contribution in [0.1, 0.15) is 70.3 Å². The lowest BCUT2D eigenvalue weighted by Gasteiger charge is -2.48. The second-order valence-corrected chi connectivity index (χ2v) is 8.61. The zero-order valence-electron chi connectivity index (χ0n) is 16.8. The Morgan fingerprint density at radius 3 is 2.67 bits per heavy atom. The molecule has 0 saturated heterocycles. The molecule has 0 aromatic heterocycles. The fraction of sp³-hybridized carbons (Fsp3) is 0.583. The van der Waals surface area contributed by atoms with Gasteiger partial charge in [-0.3, -0.25) is 0 Å². The highest BCUT2D eigenvalue weighted by Crippen LogP contribution is 2.56. The average Bonchev–Trinajstić information content (AvgIpc) is 2.72. The number of benzene rings is 1. The van der Waals surface area contributed by atoms with E-state index in [2.05, 4.69) is 34.6 Å². The van der Waals surface area contributed by atoms with E-state index in [-0.39, 0.29) is 0 Å². The SMILES string of the molecule is CCCC1C2=C(CCCC2)C2CCCC1C2=C(OC)c1cccc(OP)c1. The van der Waals surface area contributed by atoms with Crippen LogP contribution in [0.25, 0.3) is 5.76 Å². The van der Waals surface area contributed by atoms with Gasteiger partial charge in [-0.15, -0.1) is 0 Å². The molecule has 0 amide bonds. The molecule has 0 aliphatic heterocycles. The van der Waals surface area contributed by atoms with Gasteiger partial charge in [0.1, 0.15) is 11.5 Å². The molecule has 4 rings (SSSR count). The second-order valence-electron chi connectivity index (χ2n) is 8.38. The molecule has 1 fully saturated rings. The lowest BCUT2D eigenvalue weighted by molar-refractivity contribution is 0.248. The first-order valence-electron chi connectivity index (χ1n) is 10.8. The van der Waals surface area contributed by atoms with E-state index in [1.54, 1.807) is 11.1 Å². The van der Waals surface area contributed by atoms with E-state index >= 15 is 0 Å². The maximum Gasteiger partial charge on any atom is 0.126 e. The van der Waals surface area contributed by atoms with Crippen molar-refractivity contribution in [1.82, 2.24) is 0 Å². The van der Waals surface area contributed by atoms with E-state index in [0.29, 0.717) is 11.8 Å². The van der Waals surface area contributed by atoms with Crippen LogP contribution in [0.5, 0.6) is 5.75 Å². The largest absolute Gasteiger partial charge is 0.496 e. The molecule has 0 N–H and O–H groups in total. The fourth-order valence-corrected chi connectivity index (χ4v) is 6.18. The van der Waals surface area contributed by atoms with Crippen LogP contribution < -0.4 is 4.52 Å². The summed E-state index contributed by atoms with van der Waals surface area (Å²) >= 11 is 0. The van der Waals surface area contributed by atoms with Gasteiger partial charge in [0.15, 0.2) is 0 Å². The maximum atomic E-state index is 6.11. The van der Waals surface area contributed by atoms with Crippen molar-refractivity contribution in [3.63, 3.8) is 0 Å². The number of ether oxygens (including phenoxy) is 1. The molecule has 0 radical (unpaired) electrons. The molecule has 1 saturated carbocycles. The third-order valence-corrected chi connectivity index (χ3v) is 7.26. The van der Waals surface area contributed by atoms with Crippen LogP contribution in [0.15, 0.2) is 41.0 Å². The first-order valence-corrected chi connectivity index (χ1v) is 11.2. The minimum Gasteiger partial charge on any atom is -0.496 e. The van der Waals surface area contributed by atoms with E-state index in [4.69, 9.17) is 9.26 Å². The third kappa shape index (κ3) is 3.46. The number of methoxy groups -OCH3 is 1. The molecular weight excluding hydrogens is 351 g/mol. The van der Waals surface area contributed by atoms with Crippen molar-refractivity contribution in [2.24, 2.45) is 17.8 Å². The predicted octanol–water partition coefficient (Wildman–Crippen LogP) is 6.93. The molecular formula is C24H33O2P. The molecule has 3 heteroatoms. The summed E-state index contributed by atoms with van der Waals surface area (Å²) in [6.45, 7) is 2.35. The highest BCUT2D eigenvalue weighted by atomic mass is 31.0. The van der Waals surface area contributed by atoms with Gasteiger partial charge in [-0.05, 0) is 74.5 Å². The number of hydrogen-bond donors (Lipinski definition) is 0. The van der Waals surface area contributed by atoms with Crippen LogP contribution in [-0.2, 0) is 4.74 Å². The Kier molecular flexibility index (Phi) is 5.93. The highest BCUT2D eigenvalue weighted by Gasteiger charge is 2.44. The van der Waals surface area contributed by atoms with Gasteiger partial charge < -0.3 is 9.26 Å². The molecule has 2 nitrogen and oxygen atoms in total. The minimum absolute atomic E-state index is 0.614. The molecule has 0 heterocycles. The van der Waals surface area contributed by atoms with Crippen LogP contribution in [0.3, 0.4) is 0 Å². The van der Waals surface area contributed by atoms with Crippen molar-refractivity contribution >= 4 is 15.2 Å². The Bertz CT molecular complexity index is 749. The lowest BCUT2D eigenvalue weighted by Crippen LogP contribution is -2.36. The molecule has 4 atom stereocenters. The van der Waals surface area contributed by atoms with E-state index in [9.17, 15) is 0 Å². The van der Waals surface area contributed by atoms with Crippen molar-refractivity contribution in [2.75, 3.05) is 7.11 Å². The van der Waals surface area contributed by atoms with E-state index in [0.717, 1.165) is 17.4 Å². The van der Waals surface area contributed by atoms with Gasteiger partial charge in [-0.25, -0.2) is 0 Å². The Labute approximate surface area is 166 Å². The zero-order valence-corrected chi connectivity index (χ0v) is 18.0. The maximum absolute atomic E-state index is 6.11. The van der Waals surface area contributed by atoms with Gasteiger partial charge in [0.25, 0.3) is 0 Å². The van der Waals surface area contributed by atoms with Gasteiger partial charge in [0.2, 0.25) is 0 Å². The van der Waals surface area contributed by atoms with E-state index in [1.807, 2.05) is 18.7 Å². The van der Waals surface area contributed by atoms with Gasteiger partial charge in [0.05, 0.1) is 16.6 Å². The molecule has 1 aromatic rings. The number of fused-ring (bicyclic) bond motifs is 3. The Morgan fingerprint density at radius 1 is 1.11 bits per heavy atom. The van der Waals surface area contributed by atoms with Crippen LogP contribution >= 0.6 is 9.47 Å². The van der Waals surface area contributed by atoms with Gasteiger partial charge in [-0.2, -0.15) is 0 Å². The number of rotatable bonds is 5. The van der Waals surface area contributed by atoms with Crippen molar-refractivity contribution in [2.45, 2.75) is 64.7 Å². The fourth-order valence-electron chi connectivity index (χ4n) is 6.03. The molecule has 2 bridgehead atoms. The van der Waals surface area contributed by atoms with Gasteiger partial charge in [-0.1, -0.05) is 43.0 Å². The third-order valence-electron chi connectivity index (χ3n) is 6.99. The van der Waals surface area contributed by atoms with Gasteiger partial charge >= 0.3 is 0 Å². The quantitative estimate of drug-likeness (QED) is 0.311. The molecule has 4 unspecified atom stereocenters. The van der Waals surface area contributed by atoms with Gasteiger partial charge in [0, 0.05) is 11.5 Å². The summed E-state index contributed by atoms with van der Waals surface area (Å²) in [7, 11) is 4.21. The first-order chi connectivity index (χ1) is 13.3. The van der Waals surface area contributed by atoms with Crippen LogP contribution in [0, 0.1) is 17.8 Å². The smallest absolute Gasteiger partial charge is 0.126 e. The monoisotopic (exact) mass is 384 g/mol. The minimum atomic E-state index is 0.614. The van der Waals surface area contributed by atoms with Crippen molar-refractivity contribution in [3.05, 3.63) is 46.5 Å². The molecule has 3 aliphatic rings. The number of hydrogen-bond acceptors (Lipinski definition) is 2. The topological polar surface area (TPSA) is 18.5 Å². The molecule has 27 heavy (non-hydrogen) atoms.